The van der Waals surface area contributed by atoms with Gasteiger partial charge in [0.15, 0.2) is 0 Å². The van der Waals surface area contributed by atoms with Crippen LogP contribution in [-0.2, 0) is 6.54 Å². The molecule has 0 bridgehead atoms. The molecular formula is C26H21N3O3S. The van der Waals surface area contributed by atoms with E-state index in [1.807, 2.05) is 42.2 Å². The van der Waals surface area contributed by atoms with Crippen LogP contribution in [0.2, 0.25) is 0 Å². The quantitative estimate of drug-likeness (QED) is 0.377. The third-order valence-corrected chi connectivity index (χ3v) is 6.61. The van der Waals surface area contributed by atoms with E-state index in [1.54, 1.807) is 42.5 Å². The Labute approximate surface area is 195 Å². The third-order valence-electron chi connectivity index (χ3n) is 5.61. The number of carbonyl (C=O) groups is 3. The van der Waals surface area contributed by atoms with Crippen molar-refractivity contribution in [1.82, 2.24) is 9.88 Å². The van der Waals surface area contributed by atoms with Crippen LogP contribution < -0.4 is 4.90 Å². The Balaban J connectivity index is 1.44. The van der Waals surface area contributed by atoms with Gasteiger partial charge in [0.05, 0.1) is 21.3 Å². The molecule has 7 heteroatoms. The van der Waals surface area contributed by atoms with Gasteiger partial charge in [0, 0.05) is 18.7 Å². The molecule has 0 N–H and O–H groups in total. The molecule has 0 atom stereocenters. The predicted octanol–water partition coefficient (Wildman–Crippen LogP) is 5.15. The maximum atomic E-state index is 13.3. The van der Waals surface area contributed by atoms with Gasteiger partial charge in [-0.1, -0.05) is 60.7 Å². The molecule has 1 aliphatic rings. The SMILES string of the molecule is CCCN(Cc1ccccc1)C(=O)c1ccc2nc(N3C(=O)c4ccccc4C3=O)sc2c1. The molecule has 0 spiro atoms. The maximum Gasteiger partial charge on any atom is 0.268 e. The number of anilines is 1. The van der Waals surface area contributed by atoms with Crippen molar-refractivity contribution in [2.24, 2.45) is 0 Å². The van der Waals surface area contributed by atoms with Crippen LogP contribution in [0.25, 0.3) is 10.2 Å². The smallest absolute Gasteiger partial charge is 0.268 e. The van der Waals surface area contributed by atoms with Crippen molar-refractivity contribution in [2.75, 3.05) is 11.4 Å². The summed E-state index contributed by atoms with van der Waals surface area (Å²) in [6, 6.07) is 22.0. The molecule has 3 amide bonds. The molecule has 2 heterocycles. The molecule has 0 aliphatic carbocycles. The minimum Gasteiger partial charge on any atom is -0.334 e. The van der Waals surface area contributed by atoms with Crippen LogP contribution >= 0.6 is 11.3 Å². The Morgan fingerprint density at radius 3 is 2.27 bits per heavy atom. The van der Waals surface area contributed by atoms with Crippen molar-refractivity contribution in [1.29, 1.82) is 0 Å². The Bertz CT molecular complexity index is 1350. The van der Waals surface area contributed by atoms with E-state index in [9.17, 15) is 14.4 Å². The minimum atomic E-state index is -0.372. The summed E-state index contributed by atoms with van der Waals surface area (Å²) in [6.07, 6.45) is 0.852. The van der Waals surface area contributed by atoms with E-state index in [1.165, 1.54) is 11.3 Å². The lowest BCUT2D eigenvalue weighted by Gasteiger charge is -2.22. The van der Waals surface area contributed by atoms with Gasteiger partial charge in [-0.15, -0.1) is 0 Å². The van der Waals surface area contributed by atoms with E-state index in [-0.39, 0.29) is 17.7 Å². The zero-order valence-electron chi connectivity index (χ0n) is 18.0. The monoisotopic (exact) mass is 455 g/mol. The number of hydrogen-bond acceptors (Lipinski definition) is 5. The number of carbonyl (C=O) groups excluding carboxylic acids is 3. The van der Waals surface area contributed by atoms with Gasteiger partial charge in [0.25, 0.3) is 17.7 Å². The fourth-order valence-corrected chi connectivity index (χ4v) is 5.01. The molecule has 3 aromatic carbocycles. The van der Waals surface area contributed by atoms with Crippen LogP contribution in [0.15, 0.2) is 72.8 Å². The lowest BCUT2D eigenvalue weighted by molar-refractivity contribution is 0.0743. The van der Waals surface area contributed by atoms with Crippen molar-refractivity contribution >= 4 is 44.4 Å². The molecule has 4 aromatic rings. The molecule has 6 nitrogen and oxygen atoms in total. The van der Waals surface area contributed by atoms with Gasteiger partial charge < -0.3 is 4.90 Å². The standard InChI is InChI=1S/C26H21N3O3S/c1-2-14-28(16-17-8-4-3-5-9-17)23(30)18-12-13-21-22(15-18)33-26(27-21)29-24(31)19-10-6-7-11-20(19)25(29)32/h3-13,15H,2,14,16H2,1H3. The summed E-state index contributed by atoms with van der Waals surface area (Å²) in [5.74, 6) is -0.802. The van der Waals surface area contributed by atoms with E-state index in [2.05, 4.69) is 4.98 Å². The first-order chi connectivity index (χ1) is 16.1. The lowest BCUT2D eigenvalue weighted by atomic mass is 10.1. The van der Waals surface area contributed by atoms with E-state index in [4.69, 9.17) is 0 Å². The number of hydrogen-bond donors (Lipinski definition) is 0. The molecule has 0 saturated carbocycles. The summed E-state index contributed by atoms with van der Waals surface area (Å²) in [4.78, 5) is 46.4. The topological polar surface area (TPSA) is 70.6 Å². The molecular weight excluding hydrogens is 434 g/mol. The molecule has 0 saturated heterocycles. The molecule has 5 rings (SSSR count). The summed E-state index contributed by atoms with van der Waals surface area (Å²) >= 11 is 1.24. The third kappa shape index (κ3) is 3.81. The highest BCUT2D eigenvalue weighted by atomic mass is 32.1. The van der Waals surface area contributed by atoms with Gasteiger partial charge in [0.1, 0.15) is 0 Å². The van der Waals surface area contributed by atoms with Crippen LogP contribution in [0.5, 0.6) is 0 Å². The molecule has 1 aromatic heterocycles. The Morgan fingerprint density at radius 2 is 1.61 bits per heavy atom. The Morgan fingerprint density at radius 1 is 0.939 bits per heavy atom. The predicted molar refractivity (Wildman–Crippen MR) is 129 cm³/mol. The number of rotatable bonds is 6. The summed E-state index contributed by atoms with van der Waals surface area (Å²) in [5.41, 5.74) is 3.05. The molecule has 0 radical (unpaired) electrons. The average Bonchev–Trinajstić information content (AvgIpc) is 3.37. The second-order valence-electron chi connectivity index (χ2n) is 7.88. The average molecular weight is 456 g/mol. The minimum absolute atomic E-state index is 0.0571. The van der Waals surface area contributed by atoms with Crippen LogP contribution in [0.4, 0.5) is 5.13 Å². The van der Waals surface area contributed by atoms with Gasteiger partial charge in [-0.05, 0) is 42.3 Å². The van der Waals surface area contributed by atoms with E-state index in [0.717, 1.165) is 21.6 Å². The van der Waals surface area contributed by atoms with Gasteiger partial charge in [-0.3, -0.25) is 14.4 Å². The zero-order valence-corrected chi connectivity index (χ0v) is 18.8. The van der Waals surface area contributed by atoms with Crippen LogP contribution in [-0.4, -0.2) is 34.2 Å². The largest absolute Gasteiger partial charge is 0.334 e. The molecule has 33 heavy (non-hydrogen) atoms. The number of benzene rings is 3. The van der Waals surface area contributed by atoms with Crippen molar-refractivity contribution in [3.8, 4) is 0 Å². The second-order valence-corrected chi connectivity index (χ2v) is 8.89. The van der Waals surface area contributed by atoms with Crippen molar-refractivity contribution in [2.45, 2.75) is 19.9 Å². The van der Waals surface area contributed by atoms with E-state index in [0.29, 0.717) is 40.4 Å². The van der Waals surface area contributed by atoms with E-state index < -0.39 is 0 Å². The van der Waals surface area contributed by atoms with Gasteiger partial charge in [-0.2, -0.15) is 0 Å². The van der Waals surface area contributed by atoms with Crippen molar-refractivity contribution in [3.05, 3.63) is 95.1 Å². The first-order valence-electron chi connectivity index (χ1n) is 10.8. The highest BCUT2D eigenvalue weighted by Crippen LogP contribution is 2.35. The highest BCUT2D eigenvalue weighted by molar-refractivity contribution is 7.22. The van der Waals surface area contributed by atoms with Gasteiger partial charge in [0.2, 0.25) is 5.13 Å². The van der Waals surface area contributed by atoms with E-state index >= 15 is 0 Å². The normalized spacial score (nSPS) is 12.9. The first kappa shape index (κ1) is 21.0. The summed E-state index contributed by atoms with van der Waals surface area (Å²) in [6.45, 7) is 3.23. The fraction of sp³-hybridized carbons (Fsp3) is 0.154. The van der Waals surface area contributed by atoms with Crippen LogP contribution in [0.1, 0.15) is 50.0 Å². The molecule has 1 aliphatic heterocycles. The Hall–Kier alpha value is -3.84. The summed E-state index contributed by atoms with van der Waals surface area (Å²) in [5, 5.41) is 0.315. The fourth-order valence-electron chi connectivity index (χ4n) is 4.01. The summed E-state index contributed by atoms with van der Waals surface area (Å²) < 4.78 is 0.753. The molecule has 0 fully saturated rings. The summed E-state index contributed by atoms with van der Waals surface area (Å²) in [7, 11) is 0. The zero-order chi connectivity index (χ0) is 22.9. The van der Waals surface area contributed by atoms with Crippen LogP contribution in [0, 0.1) is 0 Å². The maximum absolute atomic E-state index is 13.3. The number of aromatic nitrogens is 1. The lowest BCUT2D eigenvalue weighted by Crippen LogP contribution is -2.31. The van der Waals surface area contributed by atoms with Gasteiger partial charge >= 0.3 is 0 Å². The highest BCUT2D eigenvalue weighted by Gasteiger charge is 2.38. The second kappa shape index (κ2) is 8.60. The number of amides is 3. The number of thiazole rings is 1. The van der Waals surface area contributed by atoms with Crippen molar-refractivity contribution in [3.63, 3.8) is 0 Å². The number of nitrogens with zero attached hydrogens (tertiary/aromatic N) is 3. The first-order valence-corrected chi connectivity index (χ1v) is 11.6. The van der Waals surface area contributed by atoms with Crippen LogP contribution in [0.3, 0.4) is 0 Å². The molecule has 0 unspecified atom stereocenters. The number of imide groups is 1. The van der Waals surface area contributed by atoms with Gasteiger partial charge in [-0.25, -0.2) is 9.88 Å². The molecule has 164 valence electrons. The number of fused-ring (bicyclic) bond motifs is 2. The van der Waals surface area contributed by atoms with Crippen molar-refractivity contribution < 1.29 is 14.4 Å². The Kier molecular flexibility index (Phi) is 5.48.